The van der Waals surface area contributed by atoms with Gasteiger partial charge in [0.25, 0.3) is 5.91 Å². The molecule has 210 valence electrons. The average Bonchev–Trinajstić information content (AvgIpc) is 3.48. The summed E-state index contributed by atoms with van der Waals surface area (Å²) >= 11 is 0. The van der Waals surface area contributed by atoms with Crippen LogP contribution in [0.25, 0.3) is 0 Å². The molecule has 0 spiro atoms. The van der Waals surface area contributed by atoms with Gasteiger partial charge in [0.15, 0.2) is 0 Å². The van der Waals surface area contributed by atoms with E-state index in [0.717, 1.165) is 44.9 Å². The van der Waals surface area contributed by atoms with Gasteiger partial charge in [-0.25, -0.2) is 4.98 Å². The van der Waals surface area contributed by atoms with Crippen molar-refractivity contribution in [3.8, 4) is 0 Å². The van der Waals surface area contributed by atoms with E-state index < -0.39 is 42.6 Å². The maximum absolute atomic E-state index is 12.0. The van der Waals surface area contributed by atoms with Gasteiger partial charge in [-0.05, 0) is 44.9 Å². The van der Waals surface area contributed by atoms with Crippen LogP contribution in [0.5, 0.6) is 0 Å². The number of amides is 1. The van der Waals surface area contributed by atoms with Gasteiger partial charge in [0.2, 0.25) is 11.9 Å². The Bertz CT molecular complexity index is 802. The van der Waals surface area contributed by atoms with Crippen molar-refractivity contribution in [2.24, 2.45) is 5.73 Å². The van der Waals surface area contributed by atoms with Crippen LogP contribution < -0.4 is 5.73 Å². The highest BCUT2D eigenvalue weighted by Crippen LogP contribution is 2.32. The lowest BCUT2D eigenvalue weighted by atomic mass is 9.95. The van der Waals surface area contributed by atoms with Crippen LogP contribution in [0.1, 0.15) is 95.6 Å². The van der Waals surface area contributed by atoms with Crippen LogP contribution in [-0.2, 0) is 25.5 Å². The summed E-state index contributed by atoms with van der Waals surface area (Å²) in [6.07, 6.45) is 19.0. The summed E-state index contributed by atoms with van der Waals surface area (Å²) < 4.78 is 10.2. The number of aromatic nitrogens is 2. The quantitative estimate of drug-likeness (QED) is 0.0987. The van der Waals surface area contributed by atoms with Gasteiger partial charge in [-0.3, -0.25) is 9.59 Å². The molecular formula is C27H45N3O7. The van der Waals surface area contributed by atoms with E-state index in [2.05, 4.69) is 22.1 Å². The average molecular weight is 524 g/mol. The third-order valence-corrected chi connectivity index (χ3v) is 6.85. The number of esters is 1. The Morgan fingerprint density at radius 1 is 1.00 bits per heavy atom. The standard InChI is InChI=1S/C27H45N3O7/c28-26(35)27(19-31)24(34)23(33)25(37-27)36-22(32)17-15-13-11-9-7-5-3-1-2-4-6-8-10-12-14-16-21-18-29-20-30-21/h1,3,18,20,23-25,31,33-34H,2,4-17,19H2,(H2,28,35)(H,29,30)/b3-1-/t23-,24+,25?,27-/m0/s1. The predicted molar refractivity (Wildman–Crippen MR) is 138 cm³/mol. The van der Waals surface area contributed by atoms with E-state index in [1.807, 2.05) is 6.20 Å². The first-order valence-corrected chi connectivity index (χ1v) is 13.7. The lowest BCUT2D eigenvalue weighted by molar-refractivity contribution is -0.206. The van der Waals surface area contributed by atoms with Crippen molar-refractivity contribution in [3.05, 3.63) is 30.4 Å². The van der Waals surface area contributed by atoms with Gasteiger partial charge in [0.05, 0.1) is 12.9 Å². The fraction of sp³-hybridized carbons (Fsp3) is 0.741. The summed E-state index contributed by atoms with van der Waals surface area (Å²) in [7, 11) is 0. The van der Waals surface area contributed by atoms with Gasteiger partial charge in [-0.1, -0.05) is 57.1 Å². The van der Waals surface area contributed by atoms with E-state index in [1.165, 1.54) is 44.2 Å². The number of carbonyl (C=O) groups excluding carboxylic acids is 2. The number of hydrogen-bond donors (Lipinski definition) is 5. The van der Waals surface area contributed by atoms with Crippen molar-refractivity contribution in [1.29, 1.82) is 0 Å². The maximum Gasteiger partial charge on any atom is 0.308 e. The second-order valence-corrected chi connectivity index (χ2v) is 9.84. The molecule has 10 nitrogen and oxygen atoms in total. The number of H-pyrrole nitrogens is 1. The maximum atomic E-state index is 12.0. The Morgan fingerprint density at radius 2 is 1.59 bits per heavy atom. The molecule has 0 radical (unpaired) electrons. The van der Waals surface area contributed by atoms with E-state index >= 15 is 0 Å². The number of allylic oxidation sites excluding steroid dienone is 2. The fourth-order valence-electron chi connectivity index (χ4n) is 4.47. The Labute approximate surface area is 219 Å². The number of nitrogens with zero attached hydrogens (tertiary/aromatic N) is 1. The molecule has 1 aliphatic heterocycles. The lowest BCUT2D eigenvalue weighted by Crippen LogP contribution is -2.56. The molecular weight excluding hydrogens is 478 g/mol. The predicted octanol–water partition coefficient (Wildman–Crippen LogP) is 2.81. The summed E-state index contributed by atoms with van der Waals surface area (Å²) in [6, 6.07) is 0. The van der Waals surface area contributed by atoms with Crippen LogP contribution in [0.3, 0.4) is 0 Å². The van der Waals surface area contributed by atoms with Crippen molar-refractivity contribution < 1.29 is 34.4 Å². The number of primary amides is 1. The van der Waals surface area contributed by atoms with Crippen LogP contribution in [0, 0.1) is 0 Å². The van der Waals surface area contributed by atoms with Gasteiger partial charge in [0.1, 0.15) is 12.2 Å². The van der Waals surface area contributed by atoms with Gasteiger partial charge < -0.3 is 35.5 Å². The minimum Gasteiger partial charge on any atom is -0.433 e. The van der Waals surface area contributed by atoms with E-state index in [-0.39, 0.29) is 6.42 Å². The summed E-state index contributed by atoms with van der Waals surface area (Å²) in [5.41, 5.74) is 4.21. The van der Waals surface area contributed by atoms with Crippen molar-refractivity contribution in [2.45, 2.75) is 120 Å². The molecule has 4 atom stereocenters. The number of unbranched alkanes of at least 4 members (excludes halogenated alkanes) is 11. The molecule has 6 N–H and O–H groups in total. The highest BCUT2D eigenvalue weighted by atomic mass is 16.7. The number of imidazole rings is 1. The molecule has 1 aromatic rings. The molecule has 0 saturated carbocycles. The largest absolute Gasteiger partial charge is 0.433 e. The van der Waals surface area contributed by atoms with Crippen LogP contribution in [0.2, 0.25) is 0 Å². The molecule has 2 rings (SSSR count). The van der Waals surface area contributed by atoms with E-state index in [9.17, 15) is 24.9 Å². The molecule has 0 aromatic carbocycles. The second-order valence-electron chi connectivity index (χ2n) is 9.84. The number of nitrogens with two attached hydrogens (primary N) is 1. The molecule has 0 aliphatic carbocycles. The summed E-state index contributed by atoms with van der Waals surface area (Å²) in [4.78, 5) is 30.7. The Kier molecular flexibility index (Phi) is 14.5. The van der Waals surface area contributed by atoms with Gasteiger partial charge in [-0.2, -0.15) is 0 Å². The van der Waals surface area contributed by atoms with E-state index in [4.69, 9.17) is 15.2 Å². The number of ether oxygens (including phenoxy) is 2. The molecule has 10 heteroatoms. The van der Waals surface area contributed by atoms with Gasteiger partial charge in [-0.15, -0.1) is 0 Å². The first kappa shape index (κ1) is 31.0. The van der Waals surface area contributed by atoms with Crippen molar-refractivity contribution >= 4 is 11.9 Å². The van der Waals surface area contributed by atoms with E-state index in [0.29, 0.717) is 6.42 Å². The number of aliphatic hydroxyl groups is 3. The minimum absolute atomic E-state index is 0.134. The molecule has 1 saturated heterocycles. The monoisotopic (exact) mass is 523 g/mol. The van der Waals surface area contributed by atoms with Gasteiger partial charge >= 0.3 is 5.97 Å². The highest BCUT2D eigenvalue weighted by molar-refractivity contribution is 5.85. The third kappa shape index (κ3) is 10.6. The first-order chi connectivity index (χ1) is 17.9. The topological polar surface area (TPSA) is 168 Å². The van der Waals surface area contributed by atoms with Crippen LogP contribution >= 0.6 is 0 Å². The van der Waals surface area contributed by atoms with Crippen LogP contribution in [-0.4, -0.2) is 67.9 Å². The fourth-order valence-corrected chi connectivity index (χ4v) is 4.47. The normalized spacial score (nSPS) is 23.6. The zero-order valence-electron chi connectivity index (χ0n) is 21.9. The van der Waals surface area contributed by atoms with Crippen molar-refractivity contribution in [2.75, 3.05) is 6.61 Å². The minimum atomic E-state index is -2.18. The number of carbonyl (C=O) groups is 2. The number of hydrogen-bond acceptors (Lipinski definition) is 8. The number of nitrogens with one attached hydrogen (secondary N) is 1. The molecule has 1 aromatic heterocycles. The van der Waals surface area contributed by atoms with Crippen LogP contribution in [0.4, 0.5) is 0 Å². The molecule has 1 fully saturated rings. The Hall–Kier alpha value is -2.27. The molecule has 0 bridgehead atoms. The smallest absolute Gasteiger partial charge is 0.308 e. The SMILES string of the molecule is NC(=O)[C@@]1(CO)OC(OC(=O)CCCCCCC/C=C\CCCCCCCCc2cnc[nH]2)[C@@H](O)[C@H]1O. The number of rotatable bonds is 20. The first-order valence-electron chi connectivity index (χ1n) is 13.7. The lowest BCUT2D eigenvalue weighted by Gasteiger charge is -2.25. The zero-order chi connectivity index (χ0) is 26.9. The number of aryl methyl sites for hydroxylation is 1. The number of aromatic amines is 1. The third-order valence-electron chi connectivity index (χ3n) is 6.85. The highest BCUT2D eigenvalue weighted by Gasteiger charge is 2.59. The molecule has 1 aliphatic rings. The van der Waals surface area contributed by atoms with Crippen LogP contribution in [0.15, 0.2) is 24.7 Å². The summed E-state index contributed by atoms with van der Waals surface area (Å²) in [5, 5.41) is 29.3. The molecule has 1 amide bonds. The molecule has 2 heterocycles. The second kappa shape index (κ2) is 17.3. The summed E-state index contributed by atoms with van der Waals surface area (Å²) in [5.74, 6) is -1.75. The van der Waals surface area contributed by atoms with Crippen molar-refractivity contribution in [3.63, 3.8) is 0 Å². The van der Waals surface area contributed by atoms with Gasteiger partial charge in [0, 0.05) is 18.3 Å². The summed E-state index contributed by atoms with van der Waals surface area (Å²) in [6.45, 7) is -0.932. The number of aliphatic hydroxyl groups excluding tert-OH is 3. The molecule has 37 heavy (non-hydrogen) atoms. The Morgan fingerprint density at radius 3 is 2.14 bits per heavy atom. The Balaban J connectivity index is 1.38. The molecule has 1 unspecified atom stereocenters. The zero-order valence-corrected chi connectivity index (χ0v) is 21.9. The van der Waals surface area contributed by atoms with Crippen molar-refractivity contribution in [1.82, 2.24) is 9.97 Å². The van der Waals surface area contributed by atoms with E-state index in [1.54, 1.807) is 6.33 Å².